The van der Waals surface area contributed by atoms with Crippen LogP contribution in [0.2, 0.25) is 10.0 Å². The van der Waals surface area contributed by atoms with Crippen molar-refractivity contribution in [3.63, 3.8) is 0 Å². The first kappa shape index (κ1) is 22.6. The minimum absolute atomic E-state index is 0.0423. The van der Waals surface area contributed by atoms with E-state index in [1.807, 2.05) is 30.5 Å². The molecule has 1 amide bonds. The molecule has 1 atom stereocenters. The number of nitrogens with zero attached hydrogens (tertiary/aromatic N) is 4. The van der Waals surface area contributed by atoms with Gasteiger partial charge in [-0.05, 0) is 63.5 Å². The van der Waals surface area contributed by atoms with Gasteiger partial charge in [-0.25, -0.2) is 4.39 Å². The number of aromatic nitrogens is 3. The Bertz CT molecular complexity index is 1020. The fourth-order valence-electron chi connectivity index (χ4n) is 2.66. The smallest absolute Gasteiger partial charge is 0.234 e. The molecule has 3 rings (SSSR count). The molecule has 10 heteroatoms. The van der Waals surface area contributed by atoms with Crippen LogP contribution in [0.25, 0.3) is 5.69 Å². The van der Waals surface area contributed by atoms with Gasteiger partial charge in [0.05, 0.1) is 11.8 Å². The molecule has 0 fully saturated rings. The third kappa shape index (κ3) is 5.51. The maximum atomic E-state index is 13.4. The Hall–Kier alpha value is -2.13. The van der Waals surface area contributed by atoms with Crippen LogP contribution in [0.5, 0.6) is 0 Å². The van der Waals surface area contributed by atoms with Crippen LogP contribution >= 0.6 is 35.0 Å². The molecule has 0 bridgehead atoms. The van der Waals surface area contributed by atoms with E-state index in [1.54, 1.807) is 30.3 Å². The molecule has 30 heavy (non-hydrogen) atoms. The van der Waals surface area contributed by atoms with Crippen LogP contribution in [-0.2, 0) is 4.79 Å². The standard InChI is InChI=1S/C20H20Cl2FN5OS/c1-12(27(2)3)19-25-26-20(28(19)17-6-4-15(23)5-7-17)30-11-18(29)24-16-9-13(21)8-14(22)10-16/h4-10,12H,11H2,1-3H3,(H,24,29)/t12-/m1/s1. The van der Waals surface area contributed by atoms with Crippen molar-refractivity contribution in [3.05, 3.63) is 64.2 Å². The van der Waals surface area contributed by atoms with E-state index in [0.717, 1.165) is 5.69 Å². The summed E-state index contributed by atoms with van der Waals surface area (Å²) in [6.07, 6.45) is 0. The van der Waals surface area contributed by atoms with E-state index >= 15 is 0 Å². The average molecular weight is 468 g/mol. The molecule has 0 saturated carbocycles. The van der Waals surface area contributed by atoms with E-state index in [9.17, 15) is 9.18 Å². The molecule has 0 spiro atoms. The summed E-state index contributed by atoms with van der Waals surface area (Å²) >= 11 is 13.2. The van der Waals surface area contributed by atoms with Crippen molar-refractivity contribution < 1.29 is 9.18 Å². The highest BCUT2D eigenvalue weighted by molar-refractivity contribution is 7.99. The van der Waals surface area contributed by atoms with Crippen molar-refractivity contribution in [1.29, 1.82) is 0 Å². The van der Waals surface area contributed by atoms with Crippen molar-refractivity contribution in [3.8, 4) is 5.69 Å². The van der Waals surface area contributed by atoms with Gasteiger partial charge in [-0.1, -0.05) is 35.0 Å². The van der Waals surface area contributed by atoms with Crippen molar-refractivity contribution in [2.75, 3.05) is 25.2 Å². The number of hydrogen-bond donors (Lipinski definition) is 1. The summed E-state index contributed by atoms with van der Waals surface area (Å²) in [5.41, 5.74) is 1.23. The maximum Gasteiger partial charge on any atom is 0.234 e. The molecule has 1 N–H and O–H groups in total. The number of halogens is 3. The number of rotatable bonds is 7. The minimum atomic E-state index is -0.331. The van der Waals surface area contributed by atoms with Crippen molar-refractivity contribution in [2.24, 2.45) is 0 Å². The maximum absolute atomic E-state index is 13.4. The summed E-state index contributed by atoms with van der Waals surface area (Å²) in [5.74, 6) is 0.216. The van der Waals surface area contributed by atoms with Gasteiger partial charge in [0.25, 0.3) is 0 Å². The van der Waals surface area contributed by atoms with Crippen LogP contribution < -0.4 is 5.32 Å². The quantitative estimate of drug-likeness (QED) is 0.491. The molecule has 1 aromatic heterocycles. The van der Waals surface area contributed by atoms with Crippen molar-refractivity contribution in [2.45, 2.75) is 18.1 Å². The predicted octanol–water partition coefficient (Wildman–Crippen LogP) is 5.07. The zero-order chi connectivity index (χ0) is 21.8. The Morgan fingerprint density at radius 2 is 1.80 bits per heavy atom. The Labute approximate surface area is 188 Å². The van der Waals surface area contributed by atoms with Crippen LogP contribution in [0.4, 0.5) is 10.1 Å². The molecular weight excluding hydrogens is 448 g/mol. The van der Waals surface area contributed by atoms with Crippen molar-refractivity contribution in [1.82, 2.24) is 19.7 Å². The molecule has 0 aliphatic rings. The van der Waals surface area contributed by atoms with Crippen molar-refractivity contribution >= 4 is 46.6 Å². The first-order valence-electron chi connectivity index (χ1n) is 9.01. The largest absolute Gasteiger partial charge is 0.325 e. The van der Waals surface area contributed by atoms with E-state index < -0.39 is 0 Å². The van der Waals surface area contributed by atoms with Gasteiger partial charge in [0.2, 0.25) is 5.91 Å². The van der Waals surface area contributed by atoms with Crippen LogP contribution in [-0.4, -0.2) is 45.4 Å². The van der Waals surface area contributed by atoms with Gasteiger partial charge in [-0.2, -0.15) is 0 Å². The Morgan fingerprint density at radius 1 is 1.17 bits per heavy atom. The number of benzene rings is 2. The lowest BCUT2D eigenvalue weighted by Crippen LogP contribution is -2.21. The number of anilines is 1. The zero-order valence-corrected chi connectivity index (χ0v) is 18.9. The molecule has 0 aliphatic heterocycles. The topological polar surface area (TPSA) is 63.1 Å². The lowest BCUT2D eigenvalue weighted by atomic mass is 10.2. The Balaban J connectivity index is 1.81. The Morgan fingerprint density at radius 3 is 2.40 bits per heavy atom. The van der Waals surface area contributed by atoms with Gasteiger partial charge >= 0.3 is 0 Å². The fourth-order valence-corrected chi connectivity index (χ4v) is 3.95. The third-order valence-electron chi connectivity index (χ3n) is 4.37. The van der Waals surface area contributed by atoms with Gasteiger partial charge in [0.1, 0.15) is 5.82 Å². The third-order valence-corrected chi connectivity index (χ3v) is 5.74. The van der Waals surface area contributed by atoms with Crippen LogP contribution in [0.1, 0.15) is 18.8 Å². The molecule has 3 aromatic rings. The number of nitrogens with one attached hydrogen (secondary N) is 1. The first-order valence-corrected chi connectivity index (χ1v) is 10.7. The summed E-state index contributed by atoms with van der Waals surface area (Å²) in [4.78, 5) is 14.4. The number of carbonyl (C=O) groups excluding carboxylic acids is 1. The molecule has 2 aromatic carbocycles. The monoisotopic (exact) mass is 467 g/mol. The van der Waals surface area contributed by atoms with Gasteiger partial charge in [0.15, 0.2) is 11.0 Å². The van der Waals surface area contributed by atoms with Gasteiger partial charge in [-0.3, -0.25) is 14.3 Å². The van der Waals surface area contributed by atoms with E-state index in [-0.39, 0.29) is 23.5 Å². The second kappa shape index (κ2) is 9.78. The van der Waals surface area contributed by atoms with E-state index in [2.05, 4.69) is 15.5 Å². The van der Waals surface area contributed by atoms with Crippen LogP contribution in [0.3, 0.4) is 0 Å². The molecule has 0 saturated heterocycles. The molecule has 0 unspecified atom stereocenters. The molecule has 158 valence electrons. The Kier molecular flexibility index (Phi) is 7.36. The summed E-state index contributed by atoms with van der Waals surface area (Å²) in [6, 6.07) is 10.9. The fraction of sp³-hybridized carbons (Fsp3) is 0.250. The van der Waals surface area contributed by atoms with E-state index in [4.69, 9.17) is 23.2 Å². The number of amides is 1. The zero-order valence-electron chi connectivity index (χ0n) is 16.6. The highest BCUT2D eigenvalue weighted by Crippen LogP contribution is 2.27. The molecular formula is C20H20Cl2FN5OS. The first-order chi connectivity index (χ1) is 14.2. The molecule has 1 heterocycles. The highest BCUT2D eigenvalue weighted by atomic mass is 35.5. The molecule has 0 aliphatic carbocycles. The number of hydrogen-bond acceptors (Lipinski definition) is 5. The molecule has 0 radical (unpaired) electrons. The van der Waals surface area contributed by atoms with Gasteiger partial charge < -0.3 is 5.32 Å². The minimum Gasteiger partial charge on any atom is -0.325 e. The SMILES string of the molecule is C[C@H](c1nnc(SCC(=O)Nc2cc(Cl)cc(Cl)c2)n1-c1ccc(F)cc1)N(C)C. The lowest BCUT2D eigenvalue weighted by Gasteiger charge is -2.20. The number of thioether (sulfide) groups is 1. The lowest BCUT2D eigenvalue weighted by molar-refractivity contribution is -0.113. The predicted molar refractivity (Wildman–Crippen MR) is 119 cm³/mol. The van der Waals surface area contributed by atoms with Crippen LogP contribution in [0, 0.1) is 5.82 Å². The highest BCUT2D eigenvalue weighted by Gasteiger charge is 2.21. The second-order valence-electron chi connectivity index (χ2n) is 6.79. The van der Waals surface area contributed by atoms with E-state index in [1.165, 1.54) is 23.9 Å². The van der Waals surface area contributed by atoms with Gasteiger partial charge in [-0.15, -0.1) is 10.2 Å². The second-order valence-corrected chi connectivity index (χ2v) is 8.60. The summed E-state index contributed by atoms with van der Waals surface area (Å²) in [5, 5.41) is 12.7. The van der Waals surface area contributed by atoms with Gasteiger partial charge in [0, 0.05) is 21.4 Å². The molecule has 6 nitrogen and oxygen atoms in total. The summed E-state index contributed by atoms with van der Waals surface area (Å²) in [7, 11) is 3.87. The van der Waals surface area contributed by atoms with E-state index in [0.29, 0.717) is 26.7 Å². The summed E-state index contributed by atoms with van der Waals surface area (Å²) < 4.78 is 15.2. The normalized spacial score (nSPS) is 12.2. The average Bonchev–Trinajstić information content (AvgIpc) is 3.09. The summed E-state index contributed by atoms with van der Waals surface area (Å²) in [6.45, 7) is 1.99. The van der Waals surface area contributed by atoms with Crippen LogP contribution in [0.15, 0.2) is 47.6 Å². The number of carbonyl (C=O) groups is 1.